The van der Waals surface area contributed by atoms with Crippen molar-refractivity contribution in [3.8, 4) is 5.75 Å². The Morgan fingerprint density at radius 2 is 2.00 bits per heavy atom. The zero-order chi connectivity index (χ0) is 21.4. The Morgan fingerprint density at radius 3 is 2.84 bits per heavy atom. The smallest absolute Gasteiger partial charge is 0.265 e. The van der Waals surface area contributed by atoms with Crippen LogP contribution in [-0.4, -0.2) is 54.6 Å². The first-order valence-electron chi connectivity index (χ1n) is 10.9. The number of rotatable bonds is 5. The lowest BCUT2D eigenvalue weighted by molar-refractivity contribution is -0.122. The lowest BCUT2D eigenvalue weighted by Crippen LogP contribution is -2.47. The number of para-hydroxylation sites is 1. The summed E-state index contributed by atoms with van der Waals surface area (Å²) >= 11 is 0. The van der Waals surface area contributed by atoms with E-state index in [1.165, 1.54) is 11.6 Å². The van der Waals surface area contributed by atoms with Crippen LogP contribution in [0.4, 0.5) is 15.8 Å². The van der Waals surface area contributed by atoms with Gasteiger partial charge in [0.15, 0.2) is 11.9 Å². The second-order valence-electron chi connectivity index (χ2n) is 8.34. The molecule has 0 spiro atoms. The van der Waals surface area contributed by atoms with E-state index in [-0.39, 0.29) is 11.7 Å². The zero-order valence-corrected chi connectivity index (χ0v) is 17.7. The maximum Gasteiger partial charge on any atom is 0.265 e. The van der Waals surface area contributed by atoms with Crippen LogP contribution in [0.15, 0.2) is 42.6 Å². The monoisotopic (exact) mass is 422 g/mol. The number of piperazine rings is 1. The molecule has 1 amide bonds. The van der Waals surface area contributed by atoms with Gasteiger partial charge in [0.05, 0.1) is 11.4 Å². The van der Waals surface area contributed by atoms with Crippen LogP contribution in [0.25, 0.3) is 10.9 Å². The van der Waals surface area contributed by atoms with Crippen molar-refractivity contribution in [3.63, 3.8) is 0 Å². The van der Waals surface area contributed by atoms with Gasteiger partial charge in [-0.05, 0) is 62.2 Å². The van der Waals surface area contributed by atoms with Gasteiger partial charge in [0, 0.05) is 43.3 Å². The largest absolute Gasteiger partial charge is 0.477 e. The Morgan fingerprint density at radius 1 is 1.16 bits per heavy atom. The minimum Gasteiger partial charge on any atom is -0.477 e. The van der Waals surface area contributed by atoms with E-state index in [9.17, 15) is 9.18 Å². The fourth-order valence-electron chi connectivity index (χ4n) is 4.52. The van der Waals surface area contributed by atoms with Crippen molar-refractivity contribution in [2.24, 2.45) is 0 Å². The van der Waals surface area contributed by atoms with Crippen molar-refractivity contribution in [2.75, 3.05) is 42.9 Å². The van der Waals surface area contributed by atoms with Gasteiger partial charge in [-0.25, -0.2) is 4.39 Å². The second kappa shape index (κ2) is 8.23. The number of aromatic nitrogens is 1. The second-order valence-corrected chi connectivity index (χ2v) is 8.34. The molecule has 0 unspecified atom stereocenters. The van der Waals surface area contributed by atoms with E-state index in [4.69, 9.17) is 4.74 Å². The summed E-state index contributed by atoms with van der Waals surface area (Å²) in [7, 11) is 0. The number of halogens is 1. The van der Waals surface area contributed by atoms with Crippen LogP contribution in [0.3, 0.4) is 0 Å². The molecule has 5 rings (SSSR count). The molecule has 162 valence electrons. The van der Waals surface area contributed by atoms with E-state index in [1.807, 2.05) is 18.3 Å². The lowest BCUT2D eigenvalue weighted by atomic mass is 10.1. The Kier molecular flexibility index (Phi) is 5.28. The average molecular weight is 423 g/mol. The van der Waals surface area contributed by atoms with Crippen LogP contribution in [0.5, 0.6) is 5.75 Å². The number of fused-ring (bicyclic) bond motifs is 2. The Bertz CT molecular complexity index is 1100. The third-order valence-electron chi connectivity index (χ3n) is 6.28. The number of benzene rings is 2. The van der Waals surface area contributed by atoms with Crippen LogP contribution < -0.4 is 15.0 Å². The van der Waals surface area contributed by atoms with Gasteiger partial charge in [-0.3, -0.25) is 9.69 Å². The van der Waals surface area contributed by atoms with Crippen LogP contribution in [0.2, 0.25) is 0 Å². The van der Waals surface area contributed by atoms with Gasteiger partial charge in [0.25, 0.3) is 5.91 Å². The molecular formula is C24H27FN4O2. The summed E-state index contributed by atoms with van der Waals surface area (Å²) in [4.78, 5) is 19.9. The molecule has 3 heterocycles. The van der Waals surface area contributed by atoms with Crippen molar-refractivity contribution in [3.05, 3.63) is 54.0 Å². The van der Waals surface area contributed by atoms with Crippen LogP contribution in [-0.2, 0) is 11.2 Å². The lowest BCUT2D eigenvalue weighted by Gasteiger charge is -2.38. The van der Waals surface area contributed by atoms with E-state index in [0.717, 1.165) is 73.6 Å². The van der Waals surface area contributed by atoms with Crippen molar-refractivity contribution in [1.82, 2.24) is 9.88 Å². The molecule has 1 aromatic heterocycles. The summed E-state index contributed by atoms with van der Waals surface area (Å²) in [6, 6.07) is 10.8. The van der Waals surface area contributed by atoms with E-state index >= 15 is 0 Å². The number of H-pyrrole nitrogens is 1. The molecule has 31 heavy (non-hydrogen) atoms. The molecule has 0 radical (unpaired) electrons. The number of hydrogen-bond donors (Lipinski definition) is 2. The normalized spacial score (nSPS) is 19.2. The zero-order valence-electron chi connectivity index (χ0n) is 17.7. The van der Waals surface area contributed by atoms with Gasteiger partial charge >= 0.3 is 0 Å². The van der Waals surface area contributed by atoms with Crippen LogP contribution in [0, 0.1) is 5.82 Å². The van der Waals surface area contributed by atoms with E-state index in [2.05, 4.69) is 26.2 Å². The number of aryl methyl sites for hydroxylation is 1. The minimum atomic E-state index is -0.479. The SMILES string of the molecule is C[C@@H]1Oc2c(cccc2N2CCN(CCCc3c[nH]c4ccc(F)cc34)CC2)NC1=O. The first-order chi connectivity index (χ1) is 15.1. The fraction of sp³-hybridized carbons (Fsp3) is 0.375. The summed E-state index contributed by atoms with van der Waals surface area (Å²) in [5, 5.41) is 3.91. The van der Waals surface area contributed by atoms with Gasteiger partial charge in [0.2, 0.25) is 0 Å². The number of carbonyl (C=O) groups is 1. The van der Waals surface area contributed by atoms with Crippen molar-refractivity contribution in [2.45, 2.75) is 25.9 Å². The first kappa shape index (κ1) is 19.9. The summed E-state index contributed by atoms with van der Waals surface area (Å²) < 4.78 is 19.5. The number of nitrogens with one attached hydrogen (secondary N) is 2. The highest BCUT2D eigenvalue weighted by Gasteiger charge is 2.28. The highest BCUT2D eigenvalue weighted by molar-refractivity contribution is 5.99. The van der Waals surface area contributed by atoms with Crippen molar-refractivity contribution in [1.29, 1.82) is 0 Å². The maximum absolute atomic E-state index is 13.6. The van der Waals surface area contributed by atoms with Gasteiger partial charge in [-0.15, -0.1) is 0 Å². The van der Waals surface area contributed by atoms with E-state index < -0.39 is 6.10 Å². The Labute approximate surface area is 181 Å². The van der Waals surface area contributed by atoms with E-state index in [0.29, 0.717) is 0 Å². The predicted molar refractivity (Wildman–Crippen MR) is 120 cm³/mol. The number of anilines is 2. The van der Waals surface area contributed by atoms with Crippen LogP contribution in [0.1, 0.15) is 18.9 Å². The van der Waals surface area contributed by atoms with Gasteiger partial charge < -0.3 is 19.9 Å². The van der Waals surface area contributed by atoms with Crippen LogP contribution >= 0.6 is 0 Å². The molecule has 0 aliphatic carbocycles. The number of nitrogens with zero attached hydrogens (tertiary/aromatic N) is 2. The van der Waals surface area contributed by atoms with Gasteiger partial charge in [-0.2, -0.15) is 0 Å². The van der Waals surface area contributed by atoms with Crippen molar-refractivity contribution < 1.29 is 13.9 Å². The summed E-state index contributed by atoms with van der Waals surface area (Å²) in [6.45, 7) is 6.59. The standard InChI is InChI=1S/C24H27FN4O2/c1-16-24(30)27-21-5-2-6-22(23(21)31-16)29-12-10-28(11-13-29)9-3-4-17-15-26-20-8-7-18(25)14-19(17)20/h2,5-8,14-16,26H,3-4,9-13H2,1H3,(H,27,30)/t16-/m0/s1. The Hall–Kier alpha value is -3.06. The molecule has 2 aliphatic heterocycles. The number of aromatic amines is 1. The van der Waals surface area contributed by atoms with Crippen molar-refractivity contribution >= 4 is 28.2 Å². The molecule has 3 aromatic rings. The molecule has 2 N–H and O–H groups in total. The number of carbonyl (C=O) groups excluding carboxylic acids is 1. The van der Waals surface area contributed by atoms with Gasteiger partial charge in [-0.1, -0.05) is 6.07 Å². The third-order valence-corrected chi connectivity index (χ3v) is 6.28. The molecule has 1 fully saturated rings. The molecule has 6 nitrogen and oxygen atoms in total. The number of amides is 1. The number of hydrogen-bond acceptors (Lipinski definition) is 4. The number of ether oxygens (including phenoxy) is 1. The fourth-order valence-corrected chi connectivity index (χ4v) is 4.52. The highest BCUT2D eigenvalue weighted by atomic mass is 19.1. The summed E-state index contributed by atoms with van der Waals surface area (Å²) in [5.74, 6) is 0.479. The molecule has 7 heteroatoms. The molecule has 0 saturated carbocycles. The predicted octanol–water partition coefficient (Wildman–Crippen LogP) is 3.78. The third kappa shape index (κ3) is 3.97. The average Bonchev–Trinajstić information content (AvgIpc) is 3.17. The molecule has 1 saturated heterocycles. The topological polar surface area (TPSA) is 60.6 Å². The molecule has 2 aromatic carbocycles. The first-order valence-corrected chi connectivity index (χ1v) is 10.9. The highest BCUT2D eigenvalue weighted by Crippen LogP contribution is 2.39. The summed E-state index contributed by atoms with van der Waals surface area (Å²) in [6.07, 6.45) is 3.49. The Balaban J connectivity index is 1.17. The van der Waals surface area contributed by atoms with Gasteiger partial charge in [0.1, 0.15) is 5.82 Å². The maximum atomic E-state index is 13.6. The quantitative estimate of drug-likeness (QED) is 0.657. The minimum absolute atomic E-state index is 0.104. The molecule has 2 aliphatic rings. The molecule has 1 atom stereocenters. The molecule has 0 bridgehead atoms. The summed E-state index contributed by atoms with van der Waals surface area (Å²) in [5.41, 5.74) is 3.96. The van der Waals surface area contributed by atoms with E-state index in [1.54, 1.807) is 19.1 Å². The molecular weight excluding hydrogens is 395 g/mol.